The molecule has 1 aromatic heterocycles. The first-order valence-electron chi connectivity index (χ1n) is 7.27. The molecule has 3 rings (SSSR count). The van der Waals surface area contributed by atoms with E-state index < -0.39 is 17.7 Å². The third-order valence-corrected chi connectivity index (χ3v) is 5.41. The quantitative estimate of drug-likeness (QED) is 0.912. The summed E-state index contributed by atoms with van der Waals surface area (Å²) in [6, 6.07) is 2.66. The van der Waals surface area contributed by atoms with Crippen LogP contribution in [0.5, 0.6) is 0 Å². The minimum Gasteiger partial charge on any atom is -0.480 e. The highest BCUT2D eigenvalue weighted by atomic mass is 32.1. The van der Waals surface area contributed by atoms with Gasteiger partial charge in [-0.3, -0.25) is 9.69 Å². The maximum Gasteiger partial charge on any atom is 0.328 e. The number of hydrogen-bond acceptors (Lipinski definition) is 4. The van der Waals surface area contributed by atoms with Gasteiger partial charge in [-0.25, -0.2) is 4.79 Å². The minimum absolute atomic E-state index is 0.0842. The standard InChI is InChI=1S/C15H19NO4S/c1-10-4-6-15(7-5-10)16(11(9-20-15)14(18)19)13(17)12-3-2-8-21-12/h2-3,8,10-11H,4-7,9H2,1H3,(H,18,19)/t10?,11-,15?/m1/s1. The smallest absolute Gasteiger partial charge is 0.328 e. The van der Waals surface area contributed by atoms with Crippen LogP contribution in [-0.4, -0.2) is 40.3 Å². The van der Waals surface area contributed by atoms with E-state index in [1.165, 1.54) is 16.2 Å². The Labute approximate surface area is 127 Å². The number of aliphatic carboxylic acids is 1. The first-order chi connectivity index (χ1) is 10.0. The molecular formula is C15H19NO4S. The van der Waals surface area contributed by atoms with Gasteiger partial charge in [0.2, 0.25) is 0 Å². The number of carboxylic acid groups (broad SMARTS) is 1. The molecule has 2 fully saturated rings. The summed E-state index contributed by atoms with van der Waals surface area (Å²) in [7, 11) is 0. The lowest BCUT2D eigenvalue weighted by atomic mass is 9.83. The average Bonchev–Trinajstić information content (AvgIpc) is 3.10. The molecule has 1 aliphatic heterocycles. The number of hydrogen-bond donors (Lipinski definition) is 1. The lowest BCUT2D eigenvalue weighted by Crippen LogP contribution is -2.54. The van der Waals surface area contributed by atoms with E-state index in [4.69, 9.17) is 4.74 Å². The van der Waals surface area contributed by atoms with Crippen molar-refractivity contribution >= 4 is 23.2 Å². The van der Waals surface area contributed by atoms with Crippen LogP contribution in [0.4, 0.5) is 0 Å². The predicted octanol–water partition coefficient (Wildman–Crippen LogP) is 2.58. The molecule has 1 aliphatic carbocycles. The zero-order valence-electron chi connectivity index (χ0n) is 11.9. The number of amides is 1. The Morgan fingerprint density at radius 3 is 2.71 bits per heavy atom. The van der Waals surface area contributed by atoms with Crippen LogP contribution < -0.4 is 0 Å². The summed E-state index contributed by atoms with van der Waals surface area (Å²) in [6.07, 6.45) is 3.35. The van der Waals surface area contributed by atoms with Crippen molar-refractivity contribution < 1.29 is 19.4 Å². The van der Waals surface area contributed by atoms with Crippen LogP contribution in [0.3, 0.4) is 0 Å². The Morgan fingerprint density at radius 1 is 1.43 bits per heavy atom. The van der Waals surface area contributed by atoms with Crippen molar-refractivity contribution in [3.05, 3.63) is 22.4 Å². The number of thiophene rings is 1. The van der Waals surface area contributed by atoms with Crippen LogP contribution in [0.25, 0.3) is 0 Å². The zero-order valence-corrected chi connectivity index (χ0v) is 12.8. The van der Waals surface area contributed by atoms with Gasteiger partial charge in [-0.1, -0.05) is 13.0 Å². The number of nitrogens with zero attached hydrogens (tertiary/aromatic N) is 1. The van der Waals surface area contributed by atoms with Gasteiger partial charge in [-0.2, -0.15) is 0 Å². The Balaban J connectivity index is 1.93. The van der Waals surface area contributed by atoms with Crippen molar-refractivity contribution in [2.45, 2.75) is 44.4 Å². The van der Waals surface area contributed by atoms with Gasteiger partial charge < -0.3 is 9.84 Å². The molecule has 0 unspecified atom stereocenters. The Morgan fingerprint density at radius 2 is 2.14 bits per heavy atom. The van der Waals surface area contributed by atoms with Crippen molar-refractivity contribution in [3.63, 3.8) is 0 Å². The van der Waals surface area contributed by atoms with Crippen molar-refractivity contribution in [2.24, 2.45) is 5.92 Å². The second-order valence-electron chi connectivity index (χ2n) is 5.95. The van der Waals surface area contributed by atoms with E-state index in [1.807, 2.05) is 5.38 Å². The molecule has 2 heterocycles. The number of carboxylic acids is 1. The van der Waals surface area contributed by atoms with Gasteiger partial charge in [0.1, 0.15) is 5.72 Å². The maximum absolute atomic E-state index is 12.8. The fourth-order valence-electron chi connectivity index (χ4n) is 3.29. The number of carbonyl (C=O) groups excluding carboxylic acids is 1. The van der Waals surface area contributed by atoms with E-state index >= 15 is 0 Å². The van der Waals surface area contributed by atoms with Crippen LogP contribution in [0.2, 0.25) is 0 Å². The minimum atomic E-state index is -0.990. The summed E-state index contributed by atoms with van der Waals surface area (Å²) in [5.74, 6) is -0.610. The lowest BCUT2D eigenvalue weighted by molar-refractivity contribution is -0.143. The van der Waals surface area contributed by atoms with Crippen LogP contribution >= 0.6 is 11.3 Å². The Hall–Kier alpha value is -1.40. The van der Waals surface area contributed by atoms with Crippen molar-refractivity contribution in [1.29, 1.82) is 0 Å². The van der Waals surface area contributed by atoms with Crippen LogP contribution in [0.15, 0.2) is 17.5 Å². The Kier molecular flexibility index (Phi) is 3.75. The molecule has 1 saturated carbocycles. The first kappa shape index (κ1) is 14.5. The second kappa shape index (κ2) is 5.42. The molecule has 1 N–H and O–H groups in total. The number of carbonyl (C=O) groups is 2. The molecule has 114 valence electrons. The monoisotopic (exact) mass is 309 g/mol. The van der Waals surface area contributed by atoms with E-state index in [0.29, 0.717) is 10.8 Å². The topological polar surface area (TPSA) is 66.8 Å². The molecule has 1 atom stereocenters. The molecule has 21 heavy (non-hydrogen) atoms. The van der Waals surface area contributed by atoms with Gasteiger partial charge in [0.05, 0.1) is 11.5 Å². The molecule has 5 nitrogen and oxygen atoms in total. The van der Waals surface area contributed by atoms with Gasteiger partial charge in [-0.15, -0.1) is 11.3 Å². The molecule has 0 aromatic carbocycles. The third kappa shape index (κ3) is 2.46. The highest BCUT2D eigenvalue weighted by Crippen LogP contribution is 2.43. The highest BCUT2D eigenvalue weighted by molar-refractivity contribution is 7.12. The molecule has 6 heteroatoms. The van der Waals surface area contributed by atoms with Gasteiger partial charge in [0, 0.05) is 0 Å². The van der Waals surface area contributed by atoms with Crippen LogP contribution in [-0.2, 0) is 9.53 Å². The van der Waals surface area contributed by atoms with Gasteiger partial charge >= 0.3 is 5.97 Å². The second-order valence-corrected chi connectivity index (χ2v) is 6.89. The van der Waals surface area contributed by atoms with Crippen molar-refractivity contribution in [3.8, 4) is 0 Å². The van der Waals surface area contributed by atoms with E-state index in [9.17, 15) is 14.7 Å². The SMILES string of the molecule is CC1CCC2(CC1)OC[C@H](C(=O)O)N2C(=O)c1cccs1. The van der Waals surface area contributed by atoms with Crippen LogP contribution in [0.1, 0.15) is 42.3 Å². The summed E-state index contributed by atoms with van der Waals surface area (Å²) in [6.45, 7) is 2.27. The molecule has 1 amide bonds. The van der Waals surface area contributed by atoms with Crippen molar-refractivity contribution in [2.75, 3.05) is 6.61 Å². The molecule has 1 aromatic rings. The van der Waals surface area contributed by atoms with Gasteiger partial charge in [-0.05, 0) is 43.0 Å². The van der Waals surface area contributed by atoms with E-state index in [2.05, 4.69) is 6.92 Å². The molecule has 2 aliphatic rings. The van der Waals surface area contributed by atoms with Crippen molar-refractivity contribution in [1.82, 2.24) is 4.90 Å². The summed E-state index contributed by atoms with van der Waals surface area (Å²) in [4.78, 5) is 26.3. The fraction of sp³-hybridized carbons (Fsp3) is 0.600. The normalized spacial score (nSPS) is 32.5. The number of rotatable bonds is 2. The molecular weight excluding hydrogens is 290 g/mol. The molecule has 0 bridgehead atoms. The largest absolute Gasteiger partial charge is 0.480 e. The first-order valence-corrected chi connectivity index (χ1v) is 8.15. The fourth-order valence-corrected chi connectivity index (χ4v) is 3.95. The summed E-state index contributed by atoms with van der Waals surface area (Å²) >= 11 is 1.34. The summed E-state index contributed by atoms with van der Waals surface area (Å²) < 4.78 is 5.86. The van der Waals surface area contributed by atoms with E-state index in [1.54, 1.807) is 12.1 Å². The Bertz CT molecular complexity index is 534. The average molecular weight is 309 g/mol. The van der Waals surface area contributed by atoms with Crippen LogP contribution in [0, 0.1) is 5.92 Å². The van der Waals surface area contributed by atoms with Gasteiger partial charge in [0.25, 0.3) is 5.91 Å². The summed E-state index contributed by atoms with van der Waals surface area (Å²) in [5.41, 5.74) is -0.726. The van der Waals surface area contributed by atoms with Gasteiger partial charge in [0.15, 0.2) is 6.04 Å². The third-order valence-electron chi connectivity index (χ3n) is 4.55. The molecule has 1 saturated heterocycles. The maximum atomic E-state index is 12.8. The zero-order chi connectivity index (χ0) is 15.0. The predicted molar refractivity (Wildman–Crippen MR) is 78.2 cm³/mol. The highest BCUT2D eigenvalue weighted by Gasteiger charge is 2.53. The summed E-state index contributed by atoms with van der Waals surface area (Å²) in [5, 5.41) is 11.3. The molecule has 0 radical (unpaired) electrons. The number of ether oxygens (including phenoxy) is 1. The lowest BCUT2D eigenvalue weighted by Gasteiger charge is -2.42. The van der Waals surface area contributed by atoms with E-state index in [0.717, 1.165) is 25.7 Å². The van der Waals surface area contributed by atoms with E-state index in [-0.39, 0.29) is 12.5 Å². The molecule has 1 spiro atoms.